The number of carboxylic acid groups (broad SMARTS) is 1. The number of piperidine rings is 1. The summed E-state index contributed by atoms with van der Waals surface area (Å²) in [6, 6.07) is 3.43. The fourth-order valence-electron chi connectivity index (χ4n) is 2.46. The molecule has 1 aliphatic rings. The average Bonchev–Trinajstić information content (AvgIpc) is 2.53. The van der Waals surface area contributed by atoms with Gasteiger partial charge in [0.1, 0.15) is 6.04 Å². The Labute approximate surface area is 141 Å². The molecule has 0 aliphatic carbocycles. The molecule has 1 fully saturated rings. The second-order valence-electron chi connectivity index (χ2n) is 5.09. The quantitative estimate of drug-likeness (QED) is 0.493. The van der Waals surface area contributed by atoms with Crippen LogP contribution in [0.25, 0.3) is 0 Å². The van der Waals surface area contributed by atoms with Crippen molar-refractivity contribution in [2.45, 2.75) is 30.2 Å². The van der Waals surface area contributed by atoms with Crippen LogP contribution < -0.4 is 0 Å². The molecular formula is C14H15ClN2O5S. The van der Waals surface area contributed by atoms with Crippen molar-refractivity contribution in [3.8, 4) is 0 Å². The van der Waals surface area contributed by atoms with Crippen LogP contribution in [0, 0.1) is 10.1 Å². The van der Waals surface area contributed by atoms with E-state index in [1.165, 1.54) is 23.1 Å². The lowest BCUT2D eigenvalue weighted by Crippen LogP contribution is -2.48. The smallest absolute Gasteiger partial charge is 0.326 e. The van der Waals surface area contributed by atoms with E-state index in [1.807, 2.05) is 0 Å². The Morgan fingerprint density at radius 3 is 2.83 bits per heavy atom. The molecular weight excluding hydrogens is 344 g/mol. The SMILES string of the molecule is O=C(O)[C@H]1CCCCN1C(=O)CSc1ccc(Cl)cc1[N+](=O)[O-]. The van der Waals surface area contributed by atoms with Crippen molar-refractivity contribution < 1.29 is 19.6 Å². The fraction of sp³-hybridized carbons (Fsp3) is 0.429. The molecule has 1 amide bonds. The zero-order valence-corrected chi connectivity index (χ0v) is 13.7. The summed E-state index contributed by atoms with van der Waals surface area (Å²) in [7, 11) is 0. The number of carbonyl (C=O) groups is 2. The van der Waals surface area contributed by atoms with Gasteiger partial charge in [0.15, 0.2) is 0 Å². The second-order valence-corrected chi connectivity index (χ2v) is 6.55. The summed E-state index contributed by atoms with van der Waals surface area (Å²) in [4.78, 5) is 35.6. The number of benzene rings is 1. The number of hydrogen-bond donors (Lipinski definition) is 1. The van der Waals surface area contributed by atoms with Crippen LogP contribution in [0.2, 0.25) is 5.02 Å². The first kappa shape index (κ1) is 17.6. The number of nitro benzene ring substituents is 1. The first-order valence-corrected chi connectivity index (χ1v) is 8.35. The molecule has 0 spiro atoms. The third kappa shape index (κ3) is 4.35. The van der Waals surface area contributed by atoms with Crippen LogP contribution in [0.4, 0.5) is 5.69 Å². The van der Waals surface area contributed by atoms with Gasteiger partial charge in [0.05, 0.1) is 15.6 Å². The van der Waals surface area contributed by atoms with E-state index in [1.54, 1.807) is 0 Å². The number of aliphatic carboxylic acids is 1. The monoisotopic (exact) mass is 358 g/mol. The highest BCUT2D eigenvalue weighted by Gasteiger charge is 2.32. The fourth-order valence-corrected chi connectivity index (χ4v) is 3.52. The molecule has 1 aliphatic heterocycles. The maximum atomic E-state index is 12.3. The van der Waals surface area contributed by atoms with E-state index in [0.29, 0.717) is 17.9 Å². The predicted octanol–water partition coefficient (Wildman–Crippen LogP) is 2.81. The molecule has 0 aromatic heterocycles. The molecule has 1 N–H and O–H groups in total. The Kier molecular flexibility index (Phi) is 5.84. The normalized spacial score (nSPS) is 17.8. The van der Waals surface area contributed by atoms with Gasteiger partial charge in [-0.3, -0.25) is 14.9 Å². The van der Waals surface area contributed by atoms with Crippen LogP contribution >= 0.6 is 23.4 Å². The lowest BCUT2D eigenvalue weighted by molar-refractivity contribution is -0.387. The molecule has 0 unspecified atom stereocenters. The van der Waals surface area contributed by atoms with E-state index in [2.05, 4.69) is 0 Å². The topological polar surface area (TPSA) is 101 Å². The van der Waals surface area contributed by atoms with Gasteiger partial charge >= 0.3 is 5.97 Å². The van der Waals surface area contributed by atoms with Crippen molar-refractivity contribution in [2.24, 2.45) is 0 Å². The van der Waals surface area contributed by atoms with Gasteiger partial charge in [-0.1, -0.05) is 11.6 Å². The van der Waals surface area contributed by atoms with E-state index in [0.717, 1.165) is 24.6 Å². The highest BCUT2D eigenvalue weighted by atomic mass is 35.5. The summed E-state index contributed by atoms with van der Waals surface area (Å²) in [6.45, 7) is 0.402. The molecule has 1 aromatic rings. The largest absolute Gasteiger partial charge is 0.480 e. The van der Waals surface area contributed by atoms with Gasteiger partial charge in [-0.05, 0) is 31.4 Å². The highest BCUT2D eigenvalue weighted by molar-refractivity contribution is 8.00. The molecule has 7 nitrogen and oxygen atoms in total. The molecule has 0 bridgehead atoms. The first-order valence-electron chi connectivity index (χ1n) is 6.99. The summed E-state index contributed by atoms with van der Waals surface area (Å²) in [5.74, 6) is -1.39. The van der Waals surface area contributed by atoms with E-state index < -0.39 is 16.9 Å². The number of halogens is 1. The predicted molar refractivity (Wildman–Crippen MR) is 85.8 cm³/mol. The van der Waals surface area contributed by atoms with Gasteiger partial charge in [0, 0.05) is 17.6 Å². The van der Waals surface area contributed by atoms with Crippen LogP contribution in [-0.4, -0.2) is 45.1 Å². The van der Waals surface area contributed by atoms with Crippen LogP contribution in [-0.2, 0) is 9.59 Å². The maximum absolute atomic E-state index is 12.3. The summed E-state index contributed by atoms with van der Waals surface area (Å²) < 4.78 is 0. The average molecular weight is 359 g/mol. The van der Waals surface area contributed by atoms with Crippen molar-refractivity contribution in [3.63, 3.8) is 0 Å². The van der Waals surface area contributed by atoms with Gasteiger partial charge < -0.3 is 10.0 Å². The molecule has 1 saturated heterocycles. The first-order chi connectivity index (χ1) is 10.9. The van der Waals surface area contributed by atoms with Gasteiger partial charge in [0.25, 0.3) is 5.69 Å². The molecule has 0 radical (unpaired) electrons. The zero-order valence-electron chi connectivity index (χ0n) is 12.1. The molecule has 0 saturated carbocycles. The van der Waals surface area contributed by atoms with Gasteiger partial charge in [-0.2, -0.15) is 0 Å². The molecule has 1 atom stereocenters. The number of thioether (sulfide) groups is 1. The minimum absolute atomic E-state index is 0.0494. The number of rotatable bonds is 5. The Hall–Kier alpha value is -1.80. The van der Waals surface area contributed by atoms with E-state index in [-0.39, 0.29) is 22.4 Å². The van der Waals surface area contributed by atoms with Crippen molar-refractivity contribution >= 4 is 40.9 Å². The molecule has 9 heteroatoms. The Morgan fingerprint density at radius 2 is 2.17 bits per heavy atom. The zero-order chi connectivity index (χ0) is 17.0. The van der Waals surface area contributed by atoms with Crippen molar-refractivity contribution in [3.05, 3.63) is 33.3 Å². The van der Waals surface area contributed by atoms with E-state index >= 15 is 0 Å². The minimum atomic E-state index is -1.01. The summed E-state index contributed by atoms with van der Waals surface area (Å²) in [5, 5.41) is 20.5. The summed E-state index contributed by atoms with van der Waals surface area (Å²) in [5.41, 5.74) is -0.163. The lowest BCUT2D eigenvalue weighted by Gasteiger charge is -2.32. The van der Waals surface area contributed by atoms with Gasteiger partial charge in [-0.25, -0.2) is 4.79 Å². The van der Waals surface area contributed by atoms with Crippen molar-refractivity contribution in [1.29, 1.82) is 0 Å². The number of hydrogen-bond acceptors (Lipinski definition) is 5. The third-order valence-electron chi connectivity index (χ3n) is 3.58. The van der Waals surface area contributed by atoms with Crippen molar-refractivity contribution in [2.75, 3.05) is 12.3 Å². The molecule has 23 heavy (non-hydrogen) atoms. The summed E-state index contributed by atoms with van der Waals surface area (Å²) >= 11 is 6.76. The van der Waals surface area contributed by atoms with Crippen molar-refractivity contribution in [1.82, 2.24) is 4.90 Å². The Balaban J connectivity index is 2.07. The van der Waals surface area contributed by atoms with Crippen LogP contribution in [0.15, 0.2) is 23.1 Å². The number of nitrogens with zero attached hydrogens (tertiary/aromatic N) is 2. The lowest BCUT2D eigenvalue weighted by atomic mass is 10.0. The maximum Gasteiger partial charge on any atom is 0.326 e. The van der Waals surface area contributed by atoms with Crippen LogP contribution in [0.5, 0.6) is 0 Å². The molecule has 1 aromatic carbocycles. The molecule has 1 heterocycles. The number of carboxylic acids is 1. The van der Waals surface area contributed by atoms with Crippen LogP contribution in [0.1, 0.15) is 19.3 Å². The van der Waals surface area contributed by atoms with E-state index in [4.69, 9.17) is 11.6 Å². The molecule has 124 valence electrons. The molecule has 2 rings (SSSR count). The number of nitro groups is 1. The Bertz CT molecular complexity index is 640. The third-order valence-corrected chi connectivity index (χ3v) is 4.86. The van der Waals surface area contributed by atoms with E-state index in [9.17, 15) is 24.8 Å². The number of amides is 1. The second kappa shape index (κ2) is 7.65. The van der Waals surface area contributed by atoms with Gasteiger partial charge in [0.2, 0.25) is 5.91 Å². The Morgan fingerprint density at radius 1 is 1.43 bits per heavy atom. The van der Waals surface area contributed by atoms with Crippen LogP contribution in [0.3, 0.4) is 0 Å². The standard InChI is InChI=1S/C14H15ClN2O5S/c15-9-4-5-12(11(7-9)17(21)22)23-8-13(18)16-6-2-1-3-10(16)14(19)20/h4-5,7,10H,1-3,6,8H2,(H,19,20)/t10-/m1/s1. The number of carbonyl (C=O) groups excluding carboxylic acids is 1. The highest BCUT2D eigenvalue weighted by Crippen LogP contribution is 2.32. The minimum Gasteiger partial charge on any atom is -0.480 e. The van der Waals surface area contributed by atoms with Gasteiger partial charge in [-0.15, -0.1) is 11.8 Å². The number of likely N-dealkylation sites (tertiary alicyclic amines) is 1. The summed E-state index contributed by atoms with van der Waals surface area (Å²) in [6.07, 6.45) is 1.98.